The number of aryl methyl sites for hydroxylation is 2. The van der Waals surface area contributed by atoms with Crippen molar-refractivity contribution in [3.63, 3.8) is 0 Å². The number of aromatic nitrogens is 2. The van der Waals surface area contributed by atoms with Gasteiger partial charge in [0.2, 0.25) is 0 Å². The van der Waals surface area contributed by atoms with Crippen molar-refractivity contribution in [1.29, 1.82) is 10.8 Å². The van der Waals surface area contributed by atoms with E-state index in [-0.39, 0.29) is 34.0 Å². The molecule has 2 heterocycles. The van der Waals surface area contributed by atoms with Crippen LogP contribution in [0.5, 0.6) is 0 Å². The van der Waals surface area contributed by atoms with Gasteiger partial charge in [-0.15, -0.1) is 34.0 Å². The SMILES string of the molecule is Br.Br.N=c1c2ccccc2ccn1CCCCCCCCCCCCn1ccc2ccccc2c1=N. The minimum absolute atomic E-state index is 0. The van der Waals surface area contributed by atoms with Crippen molar-refractivity contribution in [2.45, 2.75) is 77.3 Å². The van der Waals surface area contributed by atoms with Gasteiger partial charge in [0.05, 0.1) is 0 Å². The molecule has 0 bridgehead atoms. The molecule has 0 saturated heterocycles. The van der Waals surface area contributed by atoms with Crippen molar-refractivity contribution < 1.29 is 0 Å². The van der Waals surface area contributed by atoms with Gasteiger partial charge in [-0.1, -0.05) is 99.9 Å². The maximum absolute atomic E-state index is 8.42. The van der Waals surface area contributed by atoms with Crippen LogP contribution in [0, 0.1) is 10.8 Å². The first-order valence-electron chi connectivity index (χ1n) is 13.0. The maximum atomic E-state index is 8.42. The zero-order valence-electron chi connectivity index (χ0n) is 21.1. The maximum Gasteiger partial charge on any atom is 0.132 e. The molecule has 36 heavy (non-hydrogen) atoms. The summed E-state index contributed by atoms with van der Waals surface area (Å²) < 4.78 is 4.17. The molecule has 0 amide bonds. The van der Waals surface area contributed by atoms with Gasteiger partial charge in [-0.2, -0.15) is 0 Å². The lowest BCUT2D eigenvalue weighted by Crippen LogP contribution is -2.19. The fourth-order valence-corrected chi connectivity index (χ4v) is 4.87. The molecule has 4 aromatic rings. The van der Waals surface area contributed by atoms with E-state index in [1.165, 1.54) is 51.4 Å². The van der Waals surface area contributed by atoms with Crippen molar-refractivity contribution in [3.8, 4) is 0 Å². The summed E-state index contributed by atoms with van der Waals surface area (Å²) in [6.07, 6.45) is 16.8. The summed E-state index contributed by atoms with van der Waals surface area (Å²) in [5, 5.41) is 21.2. The van der Waals surface area contributed by atoms with Crippen LogP contribution in [-0.2, 0) is 13.1 Å². The molecule has 4 rings (SSSR count). The normalized spacial score (nSPS) is 10.8. The molecule has 0 unspecified atom stereocenters. The van der Waals surface area contributed by atoms with Crippen molar-refractivity contribution in [2.75, 3.05) is 0 Å². The molecule has 0 fully saturated rings. The van der Waals surface area contributed by atoms with Gasteiger partial charge in [0, 0.05) is 36.3 Å². The van der Waals surface area contributed by atoms with E-state index in [4.69, 9.17) is 10.8 Å². The Morgan fingerprint density at radius 2 is 0.778 bits per heavy atom. The van der Waals surface area contributed by atoms with E-state index >= 15 is 0 Å². The van der Waals surface area contributed by atoms with E-state index in [1.54, 1.807) is 0 Å². The first kappa shape index (κ1) is 30.0. The Labute approximate surface area is 235 Å². The van der Waals surface area contributed by atoms with Crippen molar-refractivity contribution >= 4 is 55.5 Å². The van der Waals surface area contributed by atoms with Crippen LogP contribution >= 0.6 is 34.0 Å². The predicted octanol–water partition coefficient (Wildman–Crippen LogP) is 8.31. The van der Waals surface area contributed by atoms with Crippen LogP contribution in [-0.4, -0.2) is 9.13 Å². The van der Waals surface area contributed by atoms with Gasteiger partial charge in [0.25, 0.3) is 0 Å². The molecule has 2 N–H and O–H groups in total. The van der Waals surface area contributed by atoms with Crippen LogP contribution in [0.3, 0.4) is 0 Å². The van der Waals surface area contributed by atoms with E-state index < -0.39 is 0 Å². The minimum atomic E-state index is 0. The molecule has 4 nitrogen and oxygen atoms in total. The van der Waals surface area contributed by atoms with Crippen LogP contribution in [0.15, 0.2) is 73.1 Å². The molecule has 0 aliphatic carbocycles. The zero-order chi connectivity index (χ0) is 23.6. The molecule has 0 aliphatic heterocycles. The zero-order valence-corrected chi connectivity index (χ0v) is 24.6. The van der Waals surface area contributed by atoms with Crippen molar-refractivity contribution in [3.05, 3.63) is 84.0 Å². The Balaban J connectivity index is 0.00000228. The number of nitrogens with zero attached hydrogens (tertiary/aromatic N) is 2. The van der Waals surface area contributed by atoms with Crippen LogP contribution in [0.2, 0.25) is 0 Å². The second-order valence-corrected chi connectivity index (χ2v) is 9.43. The average Bonchev–Trinajstić information content (AvgIpc) is 2.87. The third-order valence-electron chi connectivity index (χ3n) is 6.92. The van der Waals surface area contributed by atoms with Gasteiger partial charge in [-0.25, -0.2) is 0 Å². The van der Waals surface area contributed by atoms with Crippen LogP contribution in [0.4, 0.5) is 0 Å². The highest BCUT2D eigenvalue weighted by Gasteiger charge is 2.01. The number of benzene rings is 2. The summed E-state index contributed by atoms with van der Waals surface area (Å²) in [4.78, 5) is 0. The lowest BCUT2D eigenvalue weighted by Gasteiger charge is -2.09. The highest BCUT2D eigenvalue weighted by Crippen LogP contribution is 2.13. The van der Waals surface area contributed by atoms with Crippen LogP contribution in [0.25, 0.3) is 21.5 Å². The first-order valence-corrected chi connectivity index (χ1v) is 13.0. The summed E-state index contributed by atoms with van der Waals surface area (Å²) >= 11 is 0. The summed E-state index contributed by atoms with van der Waals surface area (Å²) in [5.74, 6) is 0. The summed E-state index contributed by atoms with van der Waals surface area (Å²) in [6.45, 7) is 1.89. The molecule has 2 aromatic carbocycles. The number of hydrogen-bond acceptors (Lipinski definition) is 2. The van der Waals surface area contributed by atoms with Gasteiger partial charge in [-0.3, -0.25) is 10.8 Å². The number of pyridine rings is 2. The highest BCUT2D eigenvalue weighted by atomic mass is 79.9. The number of fused-ring (bicyclic) bond motifs is 2. The second kappa shape index (κ2) is 15.8. The fourth-order valence-electron chi connectivity index (χ4n) is 4.87. The van der Waals surface area contributed by atoms with Gasteiger partial charge in [0.15, 0.2) is 0 Å². The Morgan fingerprint density at radius 1 is 0.444 bits per heavy atom. The summed E-state index contributed by atoms with van der Waals surface area (Å²) in [5.41, 5.74) is 1.27. The van der Waals surface area contributed by atoms with E-state index in [9.17, 15) is 0 Å². The fraction of sp³-hybridized carbons (Fsp3) is 0.400. The number of nitrogens with one attached hydrogen (secondary N) is 2. The standard InChI is InChI=1S/C30H38N4.2BrH/c31-29-27-17-11-9-15-25(27)19-23-33(29)21-13-7-5-3-1-2-4-6-8-14-22-34-24-20-26-16-10-12-18-28(26)30(34)32;;/h9-12,15-20,23-24,31-32H,1-8,13-14,21-22H2;2*1H. The number of unbranched alkanes of at least 4 members (excludes halogenated alkanes) is 9. The van der Waals surface area contributed by atoms with Gasteiger partial charge >= 0.3 is 0 Å². The third kappa shape index (κ3) is 8.17. The van der Waals surface area contributed by atoms with E-state index in [0.717, 1.165) is 47.5 Å². The molecule has 0 saturated carbocycles. The average molecular weight is 616 g/mol. The van der Waals surface area contributed by atoms with Crippen molar-refractivity contribution in [1.82, 2.24) is 9.13 Å². The first-order chi connectivity index (χ1) is 16.7. The Morgan fingerprint density at radius 3 is 1.17 bits per heavy atom. The number of rotatable bonds is 13. The van der Waals surface area contributed by atoms with Crippen LogP contribution < -0.4 is 11.0 Å². The molecular formula is C30H40Br2N4. The monoisotopic (exact) mass is 614 g/mol. The van der Waals surface area contributed by atoms with Gasteiger partial charge < -0.3 is 9.13 Å². The van der Waals surface area contributed by atoms with Gasteiger partial charge in [0.1, 0.15) is 11.0 Å². The molecule has 0 atom stereocenters. The van der Waals surface area contributed by atoms with Crippen molar-refractivity contribution in [2.24, 2.45) is 0 Å². The molecule has 0 radical (unpaired) electrons. The molecule has 0 aliphatic rings. The lowest BCUT2D eigenvalue weighted by molar-refractivity contribution is 0.515. The van der Waals surface area contributed by atoms with Gasteiger partial charge in [-0.05, 0) is 35.7 Å². The van der Waals surface area contributed by atoms with E-state index in [2.05, 4.69) is 45.8 Å². The number of hydrogen-bond donors (Lipinski definition) is 2. The Kier molecular flexibility index (Phi) is 13.2. The highest BCUT2D eigenvalue weighted by molar-refractivity contribution is 8.93. The third-order valence-corrected chi connectivity index (χ3v) is 6.92. The smallest absolute Gasteiger partial charge is 0.132 e. The molecular weight excluding hydrogens is 576 g/mol. The topological polar surface area (TPSA) is 57.6 Å². The summed E-state index contributed by atoms with van der Waals surface area (Å²) in [6, 6.07) is 20.6. The quantitative estimate of drug-likeness (QED) is 0.142. The van der Waals surface area contributed by atoms with Crippen LogP contribution in [0.1, 0.15) is 64.2 Å². The van der Waals surface area contributed by atoms with E-state index in [1.807, 2.05) is 36.4 Å². The summed E-state index contributed by atoms with van der Waals surface area (Å²) in [7, 11) is 0. The minimum Gasteiger partial charge on any atom is -0.333 e. The lowest BCUT2D eigenvalue weighted by atomic mass is 10.1. The predicted molar refractivity (Wildman–Crippen MR) is 162 cm³/mol. The Bertz CT molecular complexity index is 1220. The number of halogens is 2. The molecule has 0 spiro atoms. The Hall–Kier alpha value is -2.18. The molecule has 194 valence electrons. The molecule has 2 aromatic heterocycles. The largest absolute Gasteiger partial charge is 0.333 e. The molecule has 6 heteroatoms. The second-order valence-electron chi connectivity index (χ2n) is 9.43. The van der Waals surface area contributed by atoms with E-state index in [0.29, 0.717) is 11.0 Å².